The Bertz CT molecular complexity index is 296. The molecule has 1 rings (SSSR count). The molecule has 0 aliphatic carbocycles. The first-order valence-electron chi connectivity index (χ1n) is 3.97. The van der Waals surface area contributed by atoms with Crippen molar-refractivity contribution in [2.75, 3.05) is 5.32 Å². The van der Waals surface area contributed by atoms with Crippen LogP contribution >= 0.6 is 11.3 Å². The van der Waals surface area contributed by atoms with Gasteiger partial charge in [-0.1, -0.05) is 0 Å². The van der Waals surface area contributed by atoms with Gasteiger partial charge in [-0.15, -0.1) is 11.3 Å². The summed E-state index contributed by atoms with van der Waals surface area (Å²) < 4.78 is 4.88. The lowest BCUT2D eigenvalue weighted by molar-refractivity contribution is 0.130. The van der Waals surface area contributed by atoms with Gasteiger partial charge < -0.3 is 4.74 Å². The van der Waals surface area contributed by atoms with Crippen LogP contribution in [0.15, 0.2) is 5.38 Å². The van der Waals surface area contributed by atoms with Crippen molar-refractivity contribution in [3.63, 3.8) is 0 Å². The minimum atomic E-state index is -0.454. The summed E-state index contributed by atoms with van der Waals surface area (Å²) in [7, 11) is 0. The van der Waals surface area contributed by atoms with Gasteiger partial charge >= 0.3 is 6.09 Å². The molecule has 72 valence electrons. The Hall–Kier alpha value is -1.10. The number of aromatic nitrogens is 1. The largest absolute Gasteiger partial charge is 0.447 e. The Morgan fingerprint density at radius 3 is 2.85 bits per heavy atom. The highest BCUT2D eigenvalue weighted by Crippen LogP contribution is 2.14. The lowest BCUT2D eigenvalue weighted by Crippen LogP contribution is -2.17. The minimum absolute atomic E-state index is 0.110. The Kier molecular flexibility index (Phi) is 3.25. The van der Waals surface area contributed by atoms with Crippen LogP contribution in [0.25, 0.3) is 0 Å². The third kappa shape index (κ3) is 3.42. The van der Waals surface area contributed by atoms with Crippen molar-refractivity contribution in [3.8, 4) is 0 Å². The van der Waals surface area contributed by atoms with Gasteiger partial charge in [0.25, 0.3) is 0 Å². The number of thiazole rings is 1. The number of carbonyl (C=O) groups is 1. The first-order valence-corrected chi connectivity index (χ1v) is 4.85. The fourth-order valence-corrected chi connectivity index (χ4v) is 1.42. The summed E-state index contributed by atoms with van der Waals surface area (Å²) in [5.41, 5.74) is 0.893. The molecule has 0 spiro atoms. The van der Waals surface area contributed by atoms with E-state index in [2.05, 4.69) is 10.3 Å². The normalized spacial score (nSPS) is 10.2. The molecule has 1 aromatic rings. The van der Waals surface area contributed by atoms with Crippen molar-refractivity contribution < 1.29 is 9.53 Å². The minimum Gasteiger partial charge on any atom is -0.447 e. The average Bonchev–Trinajstić information content (AvgIpc) is 2.33. The highest BCUT2D eigenvalue weighted by Gasteiger charge is 2.07. The Balaban J connectivity index is 2.45. The molecule has 0 fully saturated rings. The lowest BCUT2D eigenvalue weighted by atomic mass is 10.5. The number of ether oxygens (including phenoxy) is 1. The number of hydrogen-bond donors (Lipinski definition) is 1. The summed E-state index contributed by atoms with van der Waals surface area (Å²) in [6.07, 6.45) is -0.564. The second-order valence-electron chi connectivity index (χ2n) is 2.87. The van der Waals surface area contributed by atoms with Crippen LogP contribution in [0.3, 0.4) is 0 Å². The Morgan fingerprint density at radius 2 is 2.38 bits per heavy atom. The fraction of sp³-hybridized carbons (Fsp3) is 0.500. The molecule has 0 aliphatic heterocycles. The molecule has 1 N–H and O–H groups in total. The van der Waals surface area contributed by atoms with E-state index in [1.807, 2.05) is 12.3 Å². The van der Waals surface area contributed by atoms with Crippen molar-refractivity contribution in [1.29, 1.82) is 0 Å². The van der Waals surface area contributed by atoms with Crippen LogP contribution < -0.4 is 5.32 Å². The number of nitrogens with one attached hydrogen (secondary N) is 1. The summed E-state index contributed by atoms with van der Waals surface area (Å²) >= 11 is 1.38. The molecule has 1 amide bonds. The van der Waals surface area contributed by atoms with E-state index in [1.54, 1.807) is 13.8 Å². The first-order chi connectivity index (χ1) is 6.08. The molecule has 4 nitrogen and oxygen atoms in total. The van der Waals surface area contributed by atoms with Crippen LogP contribution in [0.1, 0.15) is 19.5 Å². The van der Waals surface area contributed by atoms with Crippen LogP contribution in [0.5, 0.6) is 0 Å². The van der Waals surface area contributed by atoms with Gasteiger partial charge in [0.15, 0.2) is 5.13 Å². The summed E-state index contributed by atoms with van der Waals surface area (Å²) in [5.74, 6) is 0. The fourth-order valence-electron chi connectivity index (χ4n) is 0.742. The molecule has 0 bridgehead atoms. The molecule has 1 heterocycles. The van der Waals surface area contributed by atoms with Crippen LogP contribution in [-0.2, 0) is 4.74 Å². The molecular formula is C8H12N2O2S. The summed E-state index contributed by atoms with van der Waals surface area (Å²) in [4.78, 5) is 15.1. The van der Waals surface area contributed by atoms with E-state index < -0.39 is 6.09 Å². The molecule has 0 unspecified atom stereocenters. The van der Waals surface area contributed by atoms with Gasteiger partial charge in [0.2, 0.25) is 0 Å². The molecular weight excluding hydrogens is 188 g/mol. The second kappa shape index (κ2) is 4.23. The van der Waals surface area contributed by atoms with Gasteiger partial charge in [-0.25, -0.2) is 9.78 Å². The number of anilines is 1. The van der Waals surface area contributed by atoms with Crippen molar-refractivity contribution >= 4 is 22.6 Å². The van der Waals surface area contributed by atoms with E-state index in [-0.39, 0.29) is 6.10 Å². The van der Waals surface area contributed by atoms with Crippen molar-refractivity contribution in [1.82, 2.24) is 4.98 Å². The maximum atomic E-state index is 11.1. The zero-order valence-electron chi connectivity index (χ0n) is 7.83. The lowest BCUT2D eigenvalue weighted by Gasteiger charge is -2.06. The molecule has 13 heavy (non-hydrogen) atoms. The summed E-state index contributed by atoms with van der Waals surface area (Å²) in [5, 5.41) is 4.98. The van der Waals surface area contributed by atoms with Gasteiger partial charge in [0.05, 0.1) is 11.8 Å². The number of amides is 1. The summed E-state index contributed by atoms with van der Waals surface area (Å²) in [6.45, 7) is 5.47. The van der Waals surface area contributed by atoms with Crippen LogP contribution in [-0.4, -0.2) is 17.2 Å². The number of aryl methyl sites for hydroxylation is 1. The quantitative estimate of drug-likeness (QED) is 0.797. The molecule has 0 aliphatic rings. The van der Waals surface area contributed by atoms with Crippen molar-refractivity contribution in [3.05, 3.63) is 11.1 Å². The number of nitrogens with zero attached hydrogens (tertiary/aromatic N) is 1. The van der Waals surface area contributed by atoms with Crippen LogP contribution in [0.2, 0.25) is 0 Å². The monoisotopic (exact) mass is 200 g/mol. The Labute approximate surface area is 80.9 Å². The predicted molar refractivity (Wildman–Crippen MR) is 52.1 cm³/mol. The van der Waals surface area contributed by atoms with Gasteiger partial charge in [0.1, 0.15) is 0 Å². The summed E-state index contributed by atoms with van der Waals surface area (Å²) in [6, 6.07) is 0. The second-order valence-corrected chi connectivity index (χ2v) is 3.73. The number of rotatable bonds is 2. The molecule has 0 saturated heterocycles. The molecule has 0 saturated carbocycles. The molecule has 0 atom stereocenters. The third-order valence-electron chi connectivity index (χ3n) is 1.17. The van der Waals surface area contributed by atoms with E-state index in [4.69, 9.17) is 4.74 Å². The Morgan fingerprint density at radius 1 is 1.69 bits per heavy atom. The third-order valence-corrected chi connectivity index (χ3v) is 2.05. The zero-order chi connectivity index (χ0) is 9.84. The SMILES string of the molecule is Cc1csc(NC(=O)OC(C)C)n1. The van der Waals surface area contributed by atoms with E-state index in [9.17, 15) is 4.79 Å². The topological polar surface area (TPSA) is 51.2 Å². The highest BCUT2D eigenvalue weighted by molar-refractivity contribution is 7.13. The van der Waals surface area contributed by atoms with E-state index >= 15 is 0 Å². The smallest absolute Gasteiger partial charge is 0.413 e. The average molecular weight is 200 g/mol. The van der Waals surface area contributed by atoms with Crippen LogP contribution in [0, 0.1) is 6.92 Å². The zero-order valence-corrected chi connectivity index (χ0v) is 8.64. The van der Waals surface area contributed by atoms with E-state index in [0.717, 1.165) is 5.69 Å². The first kappa shape index (κ1) is 9.98. The van der Waals surface area contributed by atoms with Gasteiger partial charge in [-0.05, 0) is 20.8 Å². The molecule has 0 aromatic carbocycles. The molecule has 1 aromatic heterocycles. The number of hydrogen-bond acceptors (Lipinski definition) is 4. The van der Waals surface area contributed by atoms with Crippen molar-refractivity contribution in [2.24, 2.45) is 0 Å². The van der Waals surface area contributed by atoms with Gasteiger partial charge in [-0.2, -0.15) is 0 Å². The maximum Gasteiger partial charge on any atom is 0.413 e. The van der Waals surface area contributed by atoms with Crippen molar-refractivity contribution in [2.45, 2.75) is 26.9 Å². The van der Waals surface area contributed by atoms with Gasteiger partial charge in [0, 0.05) is 5.38 Å². The predicted octanol–water partition coefficient (Wildman–Crippen LogP) is 2.41. The highest BCUT2D eigenvalue weighted by atomic mass is 32.1. The number of carbonyl (C=O) groups excluding carboxylic acids is 1. The maximum absolute atomic E-state index is 11.1. The van der Waals surface area contributed by atoms with Gasteiger partial charge in [-0.3, -0.25) is 5.32 Å². The molecule has 0 radical (unpaired) electrons. The van der Waals surface area contributed by atoms with E-state index in [0.29, 0.717) is 5.13 Å². The van der Waals surface area contributed by atoms with Crippen LogP contribution in [0.4, 0.5) is 9.93 Å². The molecule has 5 heteroatoms. The standard InChI is InChI=1S/C8H12N2O2S/c1-5(2)12-8(11)10-7-9-6(3)4-13-7/h4-5H,1-3H3,(H,9,10,11). The van der Waals surface area contributed by atoms with E-state index in [1.165, 1.54) is 11.3 Å².